The molecule has 0 spiro atoms. The van der Waals surface area contributed by atoms with Crippen LogP contribution in [0.1, 0.15) is 5.56 Å². The molecule has 1 aliphatic rings. The summed E-state index contributed by atoms with van der Waals surface area (Å²) < 4.78 is 4.41. The second-order valence-corrected chi connectivity index (χ2v) is 10.8. The number of rotatable bonds is 7. The average Bonchev–Trinajstić information content (AvgIpc) is 3.11. The van der Waals surface area contributed by atoms with Gasteiger partial charge in [0, 0.05) is 70.0 Å². The topological polar surface area (TPSA) is 31.6 Å². The maximum Gasteiger partial charge on any atom is 0.0845 e. The Labute approximate surface area is 212 Å². The van der Waals surface area contributed by atoms with Crippen LogP contribution in [0.5, 0.6) is 0 Å². The second-order valence-electron chi connectivity index (χ2n) is 8.97. The lowest BCUT2D eigenvalue weighted by molar-refractivity contribution is 0.0659. The molecule has 4 aromatic rings. The van der Waals surface area contributed by atoms with Crippen molar-refractivity contribution in [3.05, 3.63) is 81.2 Å². The highest BCUT2D eigenvalue weighted by Crippen LogP contribution is 2.33. The molecule has 33 heavy (non-hydrogen) atoms. The molecule has 1 atom stereocenters. The van der Waals surface area contributed by atoms with Crippen LogP contribution in [0, 0.1) is 0 Å². The van der Waals surface area contributed by atoms with E-state index in [-0.39, 0.29) is 0 Å². The Morgan fingerprint density at radius 1 is 0.727 bits per heavy atom. The minimum Gasteiger partial charge on any atom is -0.390 e. The van der Waals surface area contributed by atoms with Gasteiger partial charge in [-0.3, -0.25) is 4.90 Å². The molecule has 2 heterocycles. The Morgan fingerprint density at radius 2 is 1.30 bits per heavy atom. The molecule has 0 saturated carbocycles. The van der Waals surface area contributed by atoms with Gasteiger partial charge in [-0.05, 0) is 48.4 Å². The largest absolute Gasteiger partial charge is 0.390 e. The summed E-state index contributed by atoms with van der Waals surface area (Å²) in [7, 11) is 0. The van der Waals surface area contributed by atoms with Gasteiger partial charge in [0.15, 0.2) is 0 Å². The predicted molar refractivity (Wildman–Crippen MR) is 144 cm³/mol. The van der Waals surface area contributed by atoms with Crippen LogP contribution < -0.4 is 0 Å². The van der Waals surface area contributed by atoms with E-state index in [9.17, 15) is 5.11 Å². The number of fused-ring (bicyclic) bond motifs is 3. The molecular weight excluding hydrogens is 542 g/mol. The van der Waals surface area contributed by atoms with Crippen molar-refractivity contribution >= 4 is 53.7 Å². The van der Waals surface area contributed by atoms with Crippen LogP contribution in [0.2, 0.25) is 0 Å². The van der Waals surface area contributed by atoms with E-state index in [2.05, 4.69) is 113 Å². The normalized spacial score (nSPS) is 16.6. The van der Waals surface area contributed by atoms with Crippen molar-refractivity contribution in [2.45, 2.75) is 19.1 Å². The SMILES string of the molecule is O[C@H](CN1CCN(CCc2ccccc2)CC1)Cn1c2ccc(Br)cc2c2cc(Br)ccc21. The molecule has 0 radical (unpaired) electrons. The van der Waals surface area contributed by atoms with Crippen molar-refractivity contribution in [3.8, 4) is 0 Å². The number of nitrogens with zero attached hydrogens (tertiary/aromatic N) is 3. The molecule has 1 aliphatic heterocycles. The maximum absolute atomic E-state index is 11.0. The fraction of sp³-hybridized carbons (Fsp3) is 0.333. The molecule has 0 aliphatic carbocycles. The van der Waals surface area contributed by atoms with Gasteiger partial charge in [-0.25, -0.2) is 0 Å². The van der Waals surface area contributed by atoms with E-state index in [0.717, 1.165) is 59.1 Å². The molecule has 0 bridgehead atoms. The van der Waals surface area contributed by atoms with Gasteiger partial charge in [0.1, 0.15) is 0 Å². The Balaban J connectivity index is 1.21. The highest BCUT2D eigenvalue weighted by molar-refractivity contribution is 9.10. The molecule has 4 nitrogen and oxygen atoms in total. The van der Waals surface area contributed by atoms with Crippen molar-refractivity contribution in [2.24, 2.45) is 0 Å². The first-order valence-electron chi connectivity index (χ1n) is 11.6. The monoisotopic (exact) mass is 569 g/mol. The lowest BCUT2D eigenvalue weighted by Gasteiger charge is -2.35. The van der Waals surface area contributed by atoms with Crippen LogP contribution in [0.4, 0.5) is 0 Å². The third-order valence-electron chi connectivity index (χ3n) is 6.68. The molecule has 5 rings (SSSR count). The second kappa shape index (κ2) is 10.3. The lowest BCUT2D eigenvalue weighted by atomic mass is 10.1. The third kappa shape index (κ3) is 5.36. The van der Waals surface area contributed by atoms with E-state index in [1.165, 1.54) is 16.3 Å². The first-order valence-corrected chi connectivity index (χ1v) is 13.2. The van der Waals surface area contributed by atoms with Crippen LogP contribution in [-0.2, 0) is 13.0 Å². The summed E-state index contributed by atoms with van der Waals surface area (Å²) in [6.07, 6.45) is 0.690. The number of hydrogen-bond donors (Lipinski definition) is 1. The van der Waals surface area contributed by atoms with E-state index in [0.29, 0.717) is 13.1 Å². The zero-order valence-corrected chi connectivity index (χ0v) is 21.8. The summed E-state index contributed by atoms with van der Waals surface area (Å²) in [5, 5.41) is 13.4. The summed E-state index contributed by atoms with van der Waals surface area (Å²) >= 11 is 7.22. The Hall–Kier alpha value is -1.70. The number of hydrogen-bond acceptors (Lipinski definition) is 3. The number of halogens is 2. The van der Waals surface area contributed by atoms with Gasteiger partial charge in [-0.1, -0.05) is 62.2 Å². The quantitative estimate of drug-likeness (QED) is 0.316. The molecule has 1 N–H and O–H groups in total. The predicted octanol–water partition coefficient (Wildman–Crippen LogP) is 5.54. The minimum absolute atomic E-state index is 0.410. The number of aromatic nitrogens is 1. The maximum atomic E-state index is 11.0. The molecule has 1 fully saturated rings. The third-order valence-corrected chi connectivity index (χ3v) is 7.66. The van der Waals surface area contributed by atoms with Crippen LogP contribution in [0.25, 0.3) is 21.8 Å². The first kappa shape index (κ1) is 23.1. The summed E-state index contributed by atoms with van der Waals surface area (Å²) in [5.41, 5.74) is 3.73. The van der Waals surface area contributed by atoms with Crippen molar-refractivity contribution in [1.29, 1.82) is 0 Å². The fourth-order valence-corrected chi connectivity index (χ4v) is 5.66. The van der Waals surface area contributed by atoms with Gasteiger partial charge in [0.05, 0.1) is 12.6 Å². The van der Waals surface area contributed by atoms with Crippen molar-refractivity contribution in [3.63, 3.8) is 0 Å². The molecule has 172 valence electrons. The highest BCUT2D eigenvalue weighted by atomic mass is 79.9. The van der Waals surface area contributed by atoms with Gasteiger partial charge < -0.3 is 14.6 Å². The lowest BCUT2D eigenvalue weighted by Crippen LogP contribution is -2.49. The standard InChI is InChI=1S/C27H29Br2N3O/c28-21-6-8-26-24(16-21)25-17-22(29)7-9-27(25)32(26)19-23(33)18-31-14-12-30(13-15-31)11-10-20-4-2-1-3-5-20/h1-9,16-17,23,33H,10-15,18-19H2/t23-/m1/s1. The molecule has 1 saturated heterocycles. The van der Waals surface area contributed by atoms with E-state index in [4.69, 9.17) is 0 Å². The van der Waals surface area contributed by atoms with Gasteiger partial charge in [-0.15, -0.1) is 0 Å². The summed E-state index contributed by atoms with van der Waals surface area (Å²) in [6, 6.07) is 23.5. The van der Waals surface area contributed by atoms with Gasteiger partial charge in [-0.2, -0.15) is 0 Å². The molecule has 0 unspecified atom stereocenters. The smallest absolute Gasteiger partial charge is 0.0845 e. The molecule has 1 aromatic heterocycles. The van der Waals surface area contributed by atoms with Gasteiger partial charge in [0.25, 0.3) is 0 Å². The Morgan fingerprint density at radius 3 is 1.91 bits per heavy atom. The van der Waals surface area contributed by atoms with Crippen molar-refractivity contribution < 1.29 is 5.11 Å². The molecule has 0 amide bonds. The van der Waals surface area contributed by atoms with Crippen molar-refractivity contribution in [2.75, 3.05) is 39.3 Å². The summed E-state index contributed by atoms with van der Waals surface area (Å²) in [5.74, 6) is 0. The first-order chi connectivity index (χ1) is 16.1. The summed E-state index contributed by atoms with van der Waals surface area (Å²) in [6.45, 7) is 6.57. The molecule has 6 heteroatoms. The van der Waals surface area contributed by atoms with E-state index in [1.807, 2.05) is 0 Å². The van der Waals surface area contributed by atoms with Gasteiger partial charge >= 0.3 is 0 Å². The Kier molecular flexibility index (Phi) is 7.18. The number of piperazine rings is 1. The zero-order chi connectivity index (χ0) is 22.8. The van der Waals surface area contributed by atoms with E-state index in [1.54, 1.807) is 0 Å². The minimum atomic E-state index is -0.410. The van der Waals surface area contributed by atoms with Crippen LogP contribution in [0.15, 0.2) is 75.7 Å². The number of aliphatic hydroxyl groups is 1. The number of aliphatic hydroxyl groups excluding tert-OH is 1. The fourth-order valence-electron chi connectivity index (χ4n) is 4.94. The molecule has 3 aromatic carbocycles. The van der Waals surface area contributed by atoms with Crippen LogP contribution >= 0.6 is 31.9 Å². The molecular formula is C27H29Br2N3O. The van der Waals surface area contributed by atoms with Crippen molar-refractivity contribution in [1.82, 2.24) is 14.4 Å². The van der Waals surface area contributed by atoms with E-state index >= 15 is 0 Å². The summed E-state index contributed by atoms with van der Waals surface area (Å²) in [4.78, 5) is 4.95. The highest BCUT2D eigenvalue weighted by Gasteiger charge is 2.21. The Bertz CT molecular complexity index is 1170. The van der Waals surface area contributed by atoms with Crippen LogP contribution in [-0.4, -0.2) is 64.8 Å². The van der Waals surface area contributed by atoms with Crippen LogP contribution in [0.3, 0.4) is 0 Å². The van der Waals surface area contributed by atoms with E-state index < -0.39 is 6.10 Å². The average molecular weight is 571 g/mol. The zero-order valence-electron chi connectivity index (χ0n) is 18.6. The van der Waals surface area contributed by atoms with Gasteiger partial charge in [0.2, 0.25) is 0 Å². The number of benzene rings is 3. The number of β-amino-alcohol motifs (C(OH)–C–C–N with tert-alkyl or cyclic N) is 1.